The largest absolute Gasteiger partial charge is 0.387 e. The van der Waals surface area contributed by atoms with Gasteiger partial charge < -0.3 is 16.0 Å². The molecule has 1 saturated heterocycles. The number of alkyl halides is 1. The summed E-state index contributed by atoms with van der Waals surface area (Å²) in [5, 5.41) is 10.6. The number of anilines is 2. The number of halogens is 1. The van der Waals surface area contributed by atoms with Gasteiger partial charge in [-0.15, -0.1) is 0 Å². The molecule has 0 aromatic carbocycles. The highest BCUT2D eigenvalue weighted by molar-refractivity contribution is 5.94. The van der Waals surface area contributed by atoms with E-state index in [-0.39, 0.29) is 6.04 Å². The second kappa shape index (κ2) is 5.60. The van der Waals surface area contributed by atoms with E-state index in [1.165, 1.54) is 16.8 Å². The fraction of sp³-hybridized carbons (Fsp3) is 0.529. The average molecular weight is 315 g/mol. The van der Waals surface area contributed by atoms with Gasteiger partial charge in [-0.3, -0.25) is 0 Å². The topological polar surface area (TPSA) is 61.9 Å². The van der Waals surface area contributed by atoms with Crippen molar-refractivity contribution in [3.63, 3.8) is 0 Å². The smallest absolute Gasteiger partial charge is 0.164 e. The molecule has 1 aliphatic heterocycles. The Morgan fingerprint density at radius 2 is 2.13 bits per heavy atom. The van der Waals surface area contributed by atoms with Gasteiger partial charge >= 0.3 is 0 Å². The first-order valence-corrected chi connectivity index (χ1v) is 8.29. The molecular weight excluding hydrogens is 293 g/mol. The van der Waals surface area contributed by atoms with Crippen LogP contribution in [0.1, 0.15) is 23.2 Å². The predicted molar refractivity (Wildman–Crippen MR) is 91.0 cm³/mol. The Hall–Kier alpha value is -1.95. The number of rotatable bonds is 3. The molecule has 2 aromatic heterocycles. The molecule has 4 rings (SSSR count). The van der Waals surface area contributed by atoms with Gasteiger partial charge in [-0.25, -0.2) is 14.4 Å². The van der Waals surface area contributed by atoms with Crippen LogP contribution in [-0.4, -0.2) is 42.3 Å². The second-order valence-electron chi connectivity index (χ2n) is 6.44. The lowest BCUT2D eigenvalue weighted by atomic mass is 10.0. The predicted octanol–water partition coefficient (Wildman–Crippen LogP) is 2.19. The van der Waals surface area contributed by atoms with E-state index < -0.39 is 6.17 Å². The number of nitrogens with zero attached hydrogens (tertiary/aromatic N) is 2. The van der Waals surface area contributed by atoms with E-state index in [9.17, 15) is 4.39 Å². The lowest BCUT2D eigenvalue weighted by Gasteiger charge is -2.18. The van der Waals surface area contributed by atoms with Gasteiger partial charge in [0.1, 0.15) is 12.0 Å². The van der Waals surface area contributed by atoms with Gasteiger partial charge in [0.2, 0.25) is 0 Å². The van der Waals surface area contributed by atoms with Crippen LogP contribution < -0.4 is 16.0 Å². The minimum Gasteiger partial charge on any atom is -0.387 e. The molecule has 0 amide bonds. The molecule has 0 spiro atoms. The SMILES string of the molecule is CNc1cc(NC2CNCC2F)nc2nc3c(c(C)c12)CCC3. The van der Waals surface area contributed by atoms with Crippen molar-refractivity contribution in [2.75, 3.05) is 30.8 Å². The quantitative estimate of drug-likeness (QED) is 0.810. The Kier molecular flexibility index (Phi) is 3.56. The van der Waals surface area contributed by atoms with Crippen LogP contribution in [0.5, 0.6) is 0 Å². The van der Waals surface area contributed by atoms with Crippen molar-refractivity contribution < 1.29 is 4.39 Å². The van der Waals surface area contributed by atoms with Crippen LogP contribution in [-0.2, 0) is 12.8 Å². The van der Waals surface area contributed by atoms with Crippen molar-refractivity contribution in [2.45, 2.75) is 38.4 Å². The van der Waals surface area contributed by atoms with Crippen LogP contribution in [0.3, 0.4) is 0 Å². The van der Waals surface area contributed by atoms with E-state index in [0.717, 1.165) is 36.0 Å². The van der Waals surface area contributed by atoms with Crippen molar-refractivity contribution in [3.05, 3.63) is 22.9 Å². The highest BCUT2D eigenvalue weighted by Crippen LogP contribution is 2.34. The summed E-state index contributed by atoms with van der Waals surface area (Å²) in [5.41, 5.74) is 5.57. The molecule has 6 heteroatoms. The summed E-state index contributed by atoms with van der Waals surface area (Å²) in [5.74, 6) is 0.683. The lowest BCUT2D eigenvalue weighted by molar-refractivity contribution is 0.342. The van der Waals surface area contributed by atoms with Gasteiger partial charge in [-0.1, -0.05) is 0 Å². The van der Waals surface area contributed by atoms with Gasteiger partial charge in [0, 0.05) is 43.0 Å². The Balaban J connectivity index is 1.80. The zero-order chi connectivity index (χ0) is 16.0. The third-order valence-corrected chi connectivity index (χ3v) is 5.00. The summed E-state index contributed by atoms with van der Waals surface area (Å²) in [6.07, 6.45) is 2.40. The van der Waals surface area contributed by atoms with Crippen LogP contribution in [0.2, 0.25) is 0 Å². The highest BCUT2D eigenvalue weighted by atomic mass is 19.1. The molecule has 0 radical (unpaired) electrons. The highest BCUT2D eigenvalue weighted by Gasteiger charge is 2.27. The Morgan fingerprint density at radius 3 is 2.87 bits per heavy atom. The molecule has 5 nitrogen and oxygen atoms in total. The molecule has 0 bridgehead atoms. The first-order chi connectivity index (χ1) is 11.2. The normalized spacial score (nSPS) is 23.3. The van der Waals surface area contributed by atoms with Gasteiger partial charge in [0.05, 0.1) is 6.04 Å². The van der Waals surface area contributed by atoms with Crippen molar-refractivity contribution >= 4 is 22.5 Å². The first-order valence-electron chi connectivity index (χ1n) is 8.29. The van der Waals surface area contributed by atoms with Crippen molar-refractivity contribution in [3.8, 4) is 0 Å². The van der Waals surface area contributed by atoms with Crippen LogP contribution in [0.25, 0.3) is 11.0 Å². The maximum Gasteiger partial charge on any atom is 0.164 e. The lowest BCUT2D eigenvalue weighted by Crippen LogP contribution is -2.29. The summed E-state index contributed by atoms with van der Waals surface area (Å²) in [6, 6.07) is 1.73. The third kappa shape index (κ3) is 2.41. The van der Waals surface area contributed by atoms with Crippen LogP contribution in [0, 0.1) is 6.92 Å². The van der Waals surface area contributed by atoms with E-state index in [0.29, 0.717) is 18.9 Å². The van der Waals surface area contributed by atoms with E-state index in [2.05, 4.69) is 27.9 Å². The number of nitrogens with one attached hydrogen (secondary N) is 3. The molecular formula is C17H22FN5. The van der Waals surface area contributed by atoms with Crippen molar-refractivity contribution in [1.29, 1.82) is 0 Å². The van der Waals surface area contributed by atoms with Gasteiger partial charge in [-0.05, 0) is 37.3 Å². The zero-order valence-electron chi connectivity index (χ0n) is 13.5. The number of pyridine rings is 2. The molecule has 2 aromatic rings. The molecule has 2 aliphatic rings. The minimum atomic E-state index is -0.889. The summed E-state index contributed by atoms with van der Waals surface area (Å²) in [4.78, 5) is 9.44. The maximum atomic E-state index is 13.8. The Labute approximate surface area is 135 Å². The summed E-state index contributed by atoms with van der Waals surface area (Å²) < 4.78 is 13.8. The average Bonchev–Trinajstić information content (AvgIpc) is 3.16. The van der Waals surface area contributed by atoms with E-state index in [1.54, 1.807) is 0 Å². The minimum absolute atomic E-state index is 0.236. The van der Waals surface area contributed by atoms with E-state index in [4.69, 9.17) is 4.98 Å². The molecule has 122 valence electrons. The maximum absolute atomic E-state index is 13.8. The zero-order valence-corrected chi connectivity index (χ0v) is 13.5. The van der Waals surface area contributed by atoms with E-state index >= 15 is 0 Å². The molecule has 2 unspecified atom stereocenters. The van der Waals surface area contributed by atoms with Gasteiger partial charge in [0.25, 0.3) is 0 Å². The molecule has 1 aliphatic carbocycles. The van der Waals surface area contributed by atoms with E-state index in [1.807, 2.05) is 13.1 Å². The summed E-state index contributed by atoms with van der Waals surface area (Å²) in [7, 11) is 1.90. The van der Waals surface area contributed by atoms with Crippen molar-refractivity contribution in [2.24, 2.45) is 0 Å². The standard InChI is InChI=1S/C17H22FN5/c1-9-10-4-3-5-12(10)22-17-16(9)13(19-2)6-15(23-17)21-14-8-20-7-11(14)18/h6,11,14,20H,3-5,7-8H2,1-2H3,(H2,19,21,22,23). The number of aryl methyl sites for hydroxylation is 2. The van der Waals surface area contributed by atoms with Crippen LogP contribution >= 0.6 is 0 Å². The summed E-state index contributed by atoms with van der Waals surface area (Å²) >= 11 is 0. The molecule has 0 saturated carbocycles. The number of aromatic nitrogens is 2. The molecule has 3 N–H and O–H groups in total. The van der Waals surface area contributed by atoms with Crippen LogP contribution in [0.15, 0.2) is 6.07 Å². The monoisotopic (exact) mass is 315 g/mol. The fourth-order valence-corrected chi connectivity index (χ4v) is 3.77. The Morgan fingerprint density at radius 1 is 1.26 bits per heavy atom. The van der Waals surface area contributed by atoms with Crippen molar-refractivity contribution in [1.82, 2.24) is 15.3 Å². The first kappa shape index (κ1) is 14.6. The fourth-order valence-electron chi connectivity index (χ4n) is 3.77. The second-order valence-corrected chi connectivity index (χ2v) is 6.44. The number of hydrogen-bond donors (Lipinski definition) is 3. The molecule has 23 heavy (non-hydrogen) atoms. The summed E-state index contributed by atoms with van der Waals surface area (Å²) in [6.45, 7) is 3.17. The van der Waals surface area contributed by atoms with Gasteiger partial charge in [-0.2, -0.15) is 0 Å². The molecule has 1 fully saturated rings. The Bertz CT molecular complexity index is 760. The molecule has 2 atom stereocenters. The third-order valence-electron chi connectivity index (χ3n) is 5.00. The van der Waals surface area contributed by atoms with Gasteiger partial charge in [0.15, 0.2) is 5.65 Å². The number of fused-ring (bicyclic) bond motifs is 2. The molecule has 3 heterocycles. The van der Waals surface area contributed by atoms with Crippen LogP contribution in [0.4, 0.5) is 15.9 Å². The number of hydrogen-bond acceptors (Lipinski definition) is 5.